The standard InChI is InChI=1S/C23H21BrFN3O3/c1-30-21-12-17(11-20(24)23(21)31-15-16-5-3-2-4-6-16)13-27-28-22(29)14-26-19-9-7-18(25)8-10-19/h2-13,26H,14-15H2,1H3,(H,28,29)/b27-13-. The molecule has 0 aromatic heterocycles. The van der Waals surface area contributed by atoms with Crippen molar-refractivity contribution < 1.29 is 18.7 Å². The molecular weight excluding hydrogens is 465 g/mol. The number of nitrogens with zero attached hydrogens (tertiary/aromatic N) is 1. The Morgan fingerprint density at radius 1 is 1.13 bits per heavy atom. The molecule has 3 aromatic rings. The number of amides is 1. The number of carbonyl (C=O) groups is 1. The largest absolute Gasteiger partial charge is 0.493 e. The van der Waals surface area contributed by atoms with Gasteiger partial charge in [-0.3, -0.25) is 4.79 Å². The lowest BCUT2D eigenvalue weighted by atomic mass is 10.2. The van der Waals surface area contributed by atoms with Crippen LogP contribution in [-0.4, -0.2) is 25.8 Å². The first-order chi connectivity index (χ1) is 15.0. The van der Waals surface area contributed by atoms with E-state index in [1.807, 2.05) is 36.4 Å². The second-order valence-corrected chi connectivity index (χ2v) is 7.32. The summed E-state index contributed by atoms with van der Waals surface area (Å²) in [5.74, 6) is 0.444. The summed E-state index contributed by atoms with van der Waals surface area (Å²) in [7, 11) is 1.56. The fourth-order valence-electron chi connectivity index (χ4n) is 2.65. The minimum Gasteiger partial charge on any atom is -0.493 e. The Labute approximate surface area is 188 Å². The van der Waals surface area contributed by atoms with Crippen molar-refractivity contribution in [2.24, 2.45) is 5.10 Å². The third-order valence-electron chi connectivity index (χ3n) is 4.18. The van der Waals surface area contributed by atoms with Crippen LogP contribution in [0.25, 0.3) is 0 Å². The van der Waals surface area contributed by atoms with Gasteiger partial charge in [0.05, 0.1) is 24.3 Å². The molecule has 0 saturated carbocycles. The maximum Gasteiger partial charge on any atom is 0.259 e. The van der Waals surface area contributed by atoms with Gasteiger partial charge in [0.25, 0.3) is 5.91 Å². The molecule has 1 amide bonds. The number of nitrogens with one attached hydrogen (secondary N) is 2. The van der Waals surface area contributed by atoms with E-state index in [0.29, 0.717) is 33.8 Å². The third-order valence-corrected chi connectivity index (χ3v) is 4.77. The van der Waals surface area contributed by atoms with Crippen LogP contribution in [0, 0.1) is 5.82 Å². The summed E-state index contributed by atoms with van der Waals surface area (Å²) in [5.41, 5.74) is 4.83. The van der Waals surface area contributed by atoms with E-state index in [2.05, 4.69) is 31.8 Å². The summed E-state index contributed by atoms with van der Waals surface area (Å²) in [6, 6.07) is 19.1. The maximum atomic E-state index is 12.9. The molecule has 6 nitrogen and oxygen atoms in total. The predicted molar refractivity (Wildman–Crippen MR) is 122 cm³/mol. The Morgan fingerprint density at radius 2 is 1.87 bits per heavy atom. The number of methoxy groups -OCH3 is 1. The van der Waals surface area contributed by atoms with Gasteiger partial charge in [0.1, 0.15) is 12.4 Å². The van der Waals surface area contributed by atoms with Crippen molar-refractivity contribution in [2.75, 3.05) is 19.0 Å². The van der Waals surface area contributed by atoms with Crippen molar-refractivity contribution in [3.05, 3.63) is 88.1 Å². The summed E-state index contributed by atoms with van der Waals surface area (Å²) in [6.07, 6.45) is 1.50. The molecule has 0 spiro atoms. The molecule has 8 heteroatoms. The van der Waals surface area contributed by atoms with Gasteiger partial charge in [0.2, 0.25) is 0 Å². The average Bonchev–Trinajstić information content (AvgIpc) is 2.78. The van der Waals surface area contributed by atoms with Crippen molar-refractivity contribution in [2.45, 2.75) is 6.61 Å². The van der Waals surface area contributed by atoms with E-state index in [0.717, 1.165) is 5.56 Å². The maximum absolute atomic E-state index is 12.9. The summed E-state index contributed by atoms with van der Waals surface area (Å²) in [5, 5.41) is 6.85. The molecule has 0 bridgehead atoms. The quantitative estimate of drug-likeness (QED) is 0.339. The molecule has 31 heavy (non-hydrogen) atoms. The summed E-state index contributed by atoms with van der Waals surface area (Å²) >= 11 is 3.50. The van der Waals surface area contributed by atoms with Crippen LogP contribution in [0.2, 0.25) is 0 Å². The van der Waals surface area contributed by atoms with E-state index >= 15 is 0 Å². The van der Waals surface area contributed by atoms with Gasteiger partial charge in [0.15, 0.2) is 11.5 Å². The zero-order valence-corrected chi connectivity index (χ0v) is 18.4. The molecule has 2 N–H and O–H groups in total. The van der Waals surface area contributed by atoms with Crippen LogP contribution in [0.5, 0.6) is 11.5 Å². The first kappa shape index (κ1) is 22.3. The van der Waals surface area contributed by atoms with E-state index in [1.165, 1.54) is 18.3 Å². The minimum absolute atomic E-state index is 0.00223. The number of rotatable bonds is 9. The molecule has 0 aliphatic rings. The van der Waals surface area contributed by atoms with Crippen LogP contribution < -0.4 is 20.2 Å². The Morgan fingerprint density at radius 3 is 2.58 bits per heavy atom. The van der Waals surface area contributed by atoms with Crippen molar-refractivity contribution in [3.8, 4) is 11.5 Å². The molecule has 0 aliphatic carbocycles. The lowest BCUT2D eigenvalue weighted by molar-refractivity contribution is -0.119. The highest BCUT2D eigenvalue weighted by atomic mass is 79.9. The number of anilines is 1. The fraction of sp³-hybridized carbons (Fsp3) is 0.130. The van der Waals surface area contributed by atoms with E-state index in [9.17, 15) is 9.18 Å². The zero-order valence-electron chi connectivity index (χ0n) is 16.8. The number of carbonyl (C=O) groups excluding carboxylic acids is 1. The lowest BCUT2D eigenvalue weighted by Gasteiger charge is -2.13. The summed E-state index contributed by atoms with van der Waals surface area (Å²) in [6.45, 7) is 0.405. The van der Waals surface area contributed by atoms with Gasteiger partial charge < -0.3 is 14.8 Å². The predicted octanol–water partition coefficient (Wildman–Crippen LogP) is 4.74. The number of benzene rings is 3. The molecule has 0 saturated heterocycles. The van der Waals surface area contributed by atoms with Gasteiger partial charge >= 0.3 is 0 Å². The summed E-state index contributed by atoms with van der Waals surface area (Å²) < 4.78 is 24.9. The Kier molecular flexibility index (Phi) is 8.00. The number of hydrazone groups is 1. The van der Waals surface area contributed by atoms with Crippen molar-refractivity contribution >= 4 is 33.7 Å². The second-order valence-electron chi connectivity index (χ2n) is 6.46. The fourth-order valence-corrected chi connectivity index (χ4v) is 3.23. The van der Waals surface area contributed by atoms with Gasteiger partial charge in [-0.1, -0.05) is 30.3 Å². The monoisotopic (exact) mass is 485 g/mol. The van der Waals surface area contributed by atoms with Gasteiger partial charge in [-0.2, -0.15) is 5.10 Å². The second kappa shape index (κ2) is 11.1. The van der Waals surface area contributed by atoms with E-state index in [-0.39, 0.29) is 18.3 Å². The molecule has 0 radical (unpaired) electrons. The first-order valence-corrected chi connectivity index (χ1v) is 10.2. The van der Waals surface area contributed by atoms with E-state index in [4.69, 9.17) is 9.47 Å². The van der Waals surface area contributed by atoms with Gasteiger partial charge in [-0.25, -0.2) is 9.82 Å². The van der Waals surface area contributed by atoms with Crippen molar-refractivity contribution in [1.82, 2.24) is 5.43 Å². The number of hydrogen-bond donors (Lipinski definition) is 2. The van der Waals surface area contributed by atoms with Crippen LogP contribution in [-0.2, 0) is 11.4 Å². The van der Waals surface area contributed by atoms with Crippen LogP contribution in [0.3, 0.4) is 0 Å². The highest BCUT2D eigenvalue weighted by Gasteiger charge is 2.11. The van der Waals surface area contributed by atoms with Crippen molar-refractivity contribution in [3.63, 3.8) is 0 Å². The Bertz CT molecular complexity index is 1040. The molecule has 0 fully saturated rings. The van der Waals surface area contributed by atoms with Crippen molar-refractivity contribution in [1.29, 1.82) is 0 Å². The third kappa shape index (κ3) is 6.82. The number of halogens is 2. The van der Waals surface area contributed by atoms with Crippen LogP contribution in [0.15, 0.2) is 76.3 Å². The molecule has 0 heterocycles. The number of hydrogen-bond acceptors (Lipinski definition) is 5. The van der Waals surface area contributed by atoms with Crippen LogP contribution in [0.4, 0.5) is 10.1 Å². The molecule has 3 rings (SSSR count). The normalized spacial score (nSPS) is 10.7. The Hall–Kier alpha value is -3.39. The molecular formula is C23H21BrFN3O3. The Balaban J connectivity index is 1.56. The van der Waals surface area contributed by atoms with Crippen LogP contribution >= 0.6 is 15.9 Å². The minimum atomic E-state index is -0.338. The average molecular weight is 486 g/mol. The smallest absolute Gasteiger partial charge is 0.259 e. The zero-order chi connectivity index (χ0) is 22.1. The first-order valence-electron chi connectivity index (χ1n) is 9.41. The van der Waals surface area contributed by atoms with E-state index < -0.39 is 0 Å². The highest BCUT2D eigenvalue weighted by Crippen LogP contribution is 2.36. The highest BCUT2D eigenvalue weighted by molar-refractivity contribution is 9.10. The molecule has 3 aromatic carbocycles. The summed E-state index contributed by atoms with van der Waals surface area (Å²) in [4.78, 5) is 11.9. The molecule has 160 valence electrons. The van der Waals surface area contributed by atoms with Gasteiger partial charge in [-0.05, 0) is 63.5 Å². The van der Waals surface area contributed by atoms with Gasteiger partial charge in [-0.15, -0.1) is 0 Å². The number of ether oxygens (including phenoxy) is 2. The lowest BCUT2D eigenvalue weighted by Crippen LogP contribution is -2.25. The van der Waals surface area contributed by atoms with Gasteiger partial charge in [0, 0.05) is 5.69 Å². The topological polar surface area (TPSA) is 72.0 Å². The molecule has 0 aliphatic heterocycles. The molecule has 0 unspecified atom stereocenters. The molecule has 0 atom stereocenters. The van der Waals surface area contributed by atoms with E-state index in [1.54, 1.807) is 25.3 Å². The van der Waals surface area contributed by atoms with Crippen LogP contribution in [0.1, 0.15) is 11.1 Å². The SMILES string of the molecule is COc1cc(/C=N\NC(=O)CNc2ccc(F)cc2)cc(Br)c1OCc1ccccc1.